The zero-order valence-corrected chi connectivity index (χ0v) is 11.3. The summed E-state index contributed by atoms with van der Waals surface area (Å²) in [5.74, 6) is 1.79. The van der Waals surface area contributed by atoms with Crippen molar-refractivity contribution in [3.8, 4) is 0 Å². The van der Waals surface area contributed by atoms with E-state index in [1.165, 1.54) is 0 Å². The standard InChI is InChI=1S/C13H15ClN4/c1-7-4-5-11(10(14)6-7)18-13-8(2)12(15)16-9(3)17-13/h4-6H,1-3H3,(H3,15,16,17,18). The zero-order valence-electron chi connectivity index (χ0n) is 10.6. The summed E-state index contributed by atoms with van der Waals surface area (Å²) in [7, 11) is 0. The molecule has 18 heavy (non-hydrogen) atoms. The van der Waals surface area contributed by atoms with Gasteiger partial charge in [-0.2, -0.15) is 0 Å². The molecule has 0 amide bonds. The van der Waals surface area contributed by atoms with Crippen molar-refractivity contribution >= 4 is 28.9 Å². The Hall–Kier alpha value is -1.81. The van der Waals surface area contributed by atoms with E-state index in [9.17, 15) is 0 Å². The molecule has 0 aliphatic heterocycles. The molecular weight excluding hydrogens is 248 g/mol. The van der Waals surface area contributed by atoms with Gasteiger partial charge in [-0.1, -0.05) is 17.7 Å². The molecule has 1 aromatic carbocycles. The summed E-state index contributed by atoms with van der Waals surface area (Å²) >= 11 is 6.17. The van der Waals surface area contributed by atoms with Crippen LogP contribution in [0, 0.1) is 20.8 Å². The monoisotopic (exact) mass is 262 g/mol. The molecule has 5 heteroatoms. The summed E-state index contributed by atoms with van der Waals surface area (Å²) in [6.07, 6.45) is 0. The van der Waals surface area contributed by atoms with Crippen LogP contribution in [0.15, 0.2) is 18.2 Å². The van der Waals surface area contributed by atoms with E-state index in [2.05, 4.69) is 15.3 Å². The fraction of sp³-hybridized carbons (Fsp3) is 0.231. The van der Waals surface area contributed by atoms with E-state index in [-0.39, 0.29) is 0 Å². The lowest BCUT2D eigenvalue weighted by Crippen LogP contribution is -2.05. The molecule has 0 spiro atoms. The van der Waals surface area contributed by atoms with Crippen LogP contribution in [0.5, 0.6) is 0 Å². The Kier molecular flexibility index (Phi) is 3.39. The second-order valence-electron chi connectivity index (χ2n) is 4.24. The van der Waals surface area contributed by atoms with Crippen LogP contribution in [0.1, 0.15) is 17.0 Å². The van der Waals surface area contributed by atoms with Crippen LogP contribution in [0.4, 0.5) is 17.3 Å². The number of nitrogens with two attached hydrogens (primary N) is 1. The quantitative estimate of drug-likeness (QED) is 0.871. The molecule has 4 nitrogen and oxygen atoms in total. The molecule has 0 aliphatic carbocycles. The first-order valence-electron chi connectivity index (χ1n) is 5.61. The van der Waals surface area contributed by atoms with E-state index in [1.807, 2.05) is 32.0 Å². The summed E-state index contributed by atoms with van der Waals surface area (Å²) < 4.78 is 0. The summed E-state index contributed by atoms with van der Waals surface area (Å²) in [5.41, 5.74) is 8.55. The number of nitrogens with one attached hydrogen (secondary N) is 1. The third kappa shape index (κ3) is 2.54. The number of nitrogens with zero attached hydrogens (tertiary/aromatic N) is 2. The number of hydrogen-bond acceptors (Lipinski definition) is 4. The van der Waals surface area contributed by atoms with Crippen LogP contribution >= 0.6 is 11.6 Å². The Bertz CT molecular complexity index is 596. The molecule has 0 radical (unpaired) electrons. The van der Waals surface area contributed by atoms with Gasteiger partial charge in [0.15, 0.2) is 0 Å². The van der Waals surface area contributed by atoms with Crippen molar-refractivity contribution in [3.63, 3.8) is 0 Å². The SMILES string of the molecule is Cc1ccc(Nc2nc(C)nc(N)c2C)c(Cl)c1. The van der Waals surface area contributed by atoms with Crippen molar-refractivity contribution in [2.24, 2.45) is 0 Å². The molecule has 3 N–H and O–H groups in total. The first-order valence-corrected chi connectivity index (χ1v) is 5.99. The molecule has 0 atom stereocenters. The Morgan fingerprint density at radius 2 is 1.89 bits per heavy atom. The summed E-state index contributed by atoms with van der Waals surface area (Å²) in [6, 6.07) is 5.81. The van der Waals surface area contributed by atoms with Crippen LogP contribution in [-0.4, -0.2) is 9.97 Å². The molecule has 0 unspecified atom stereocenters. The normalized spacial score (nSPS) is 10.4. The molecule has 1 aromatic heterocycles. The van der Waals surface area contributed by atoms with Gasteiger partial charge in [0, 0.05) is 5.56 Å². The third-order valence-electron chi connectivity index (χ3n) is 2.67. The fourth-order valence-corrected chi connectivity index (χ4v) is 1.90. The molecular formula is C13H15ClN4. The van der Waals surface area contributed by atoms with Crippen molar-refractivity contribution in [1.29, 1.82) is 0 Å². The minimum Gasteiger partial charge on any atom is -0.383 e. The Morgan fingerprint density at radius 3 is 2.56 bits per heavy atom. The number of nitrogen functional groups attached to an aromatic ring is 1. The maximum absolute atomic E-state index is 6.17. The van der Waals surface area contributed by atoms with E-state index < -0.39 is 0 Å². The van der Waals surface area contributed by atoms with E-state index in [1.54, 1.807) is 6.92 Å². The van der Waals surface area contributed by atoms with Gasteiger partial charge in [0.25, 0.3) is 0 Å². The van der Waals surface area contributed by atoms with Crippen molar-refractivity contribution in [1.82, 2.24) is 9.97 Å². The number of aromatic nitrogens is 2. The first kappa shape index (κ1) is 12.6. The molecule has 1 heterocycles. The molecule has 0 aliphatic rings. The lowest BCUT2D eigenvalue weighted by atomic mass is 10.2. The van der Waals surface area contributed by atoms with Gasteiger partial charge < -0.3 is 11.1 Å². The van der Waals surface area contributed by atoms with Gasteiger partial charge in [-0.05, 0) is 38.5 Å². The summed E-state index contributed by atoms with van der Waals surface area (Å²) in [5, 5.41) is 3.84. The van der Waals surface area contributed by atoms with Gasteiger partial charge in [-0.25, -0.2) is 9.97 Å². The first-order chi connectivity index (χ1) is 8.47. The molecule has 0 saturated heterocycles. The van der Waals surface area contributed by atoms with Crippen LogP contribution in [0.2, 0.25) is 5.02 Å². The lowest BCUT2D eigenvalue weighted by molar-refractivity contribution is 1.04. The van der Waals surface area contributed by atoms with Crippen LogP contribution < -0.4 is 11.1 Å². The Balaban J connectivity index is 2.40. The highest BCUT2D eigenvalue weighted by atomic mass is 35.5. The molecule has 0 bridgehead atoms. The number of aryl methyl sites for hydroxylation is 2. The molecule has 2 aromatic rings. The smallest absolute Gasteiger partial charge is 0.139 e. The van der Waals surface area contributed by atoms with Crippen LogP contribution in [-0.2, 0) is 0 Å². The van der Waals surface area contributed by atoms with Crippen molar-refractivity contribution in [2.75, 3.05) is 11.1 Å². The molecule has 94 valence electrons. The average molecular weight is 263 g/mol. The van der Waals surface area contributed by atoms with Crippen LogP contribution in [0.3, 0.4) is 0 Å². The minimum atomic E-state index is 0.480. The number of rotatable bonds is 2. The van der Waals surface area contributed by atoms with Gasteiger partial charge in [-0.3, -0.25) is 0 Å². The third-order valence-corrected chi connectivity index (χ3v) is 2.99. The highest BCUT2D eigenvalue weighted by molar-refractivity contribution is 6.33. The zero-order chi connectivity index (χ0) is 13.3. The van der Waals surface area contributed by atoms with E-state index >= 15 is 0 Å². The van der Waals surface area contributed by atoms with E-state index in [4.69, 9.17) is 17.3 Å². The Labute approximate surface area is 111 Å². The number of hydrogen-bond donors (Lipinski definition) is 2. The fourth-order valence-electron chi connectivity index (χ4n) is 1.62. The maximum atomic E-state index is 6.17. The predicted molar refractivity (Wildman–Crippen MR) is 75.4 cm³/mol. The second-order valence-corrected chi connectivity index (χ2v) is 4.65. The summed E-state index contributed by atoms with van der Waals surface area (Å²) in [6.45, 7) is 5.67. The van der Waals surface area contributed by atoms with E-state index in [0.717, 1.165) is 16.8 Å². The maximum Gasteiger partial charge on any atom is 0.139 e. The second kappa shape index (κ2) is 4.82. The Morgan fingerprint density at radius 1 is 1.17 bits per heavy atom. The van der Waals surface area contributed by atoms with Gasteiger partial charge in [0.05, 0.1) is 10.7 Å². The number of halogens is 1. The summed E-state index contributed by atoms with van der Waals surface area (Å²) in [4.78, 5) is 8.44. The molecule has 0 saturated carbocycles. The highest BCUT2D eigenvalue weighted by Crippen LogP contribution is 2.28. The van der Waals surface area contributed by atoms with Gasteiger partial charge in [-0.15, -0.1) is 0 Å². The largest absolute Gasteiger partial charge is 0.383 e. The highest BCUT2D eigenvalue weighted by Gasteiger charge is 2.08. The van der Waals surface area contributed by atoms with Crippen molar-refractivity contribution < 1.29 is 0 Å². The molecule has 0 fully saturated rings. The minimum absolute atomic E-state index is 0.480. The van der Waals surface area contributed by atoms with Gasteiger partial charge in [0.1, 0.15) is 17.5 Å². The number of benzene rings is 1. The molecule has 2 rings (SSSR count). The van der Waals surface area contributed by atoms with Gasteiger partial charge in [0.2, 0.25) is 0 Å². The van der Waals surface area contributed by atoms with Crippen molar-refractivity contribution in [2.45, 2.75) is 20.8 Å². The average Bonchev–Trinajstić information content (AvgIpc) is 2.29. The van der Waals surface area contributed by atoms with Gasteiger partial charge >= 0.3 is 0 Å². The lowest BCUT2D eigenvalue weighted by Gasteiger charge is -2.12. The van der Waals surface area contributed by atoms with Crippen molar-refractivity contribution in [3.05, 3.63) is 40.2 Å². The number of anilines is 3. The topological polar surface area (TPSA) is 63.8 Å². The van der Waals surface area contributed by atoms with E-state index in [0.29, 0.717) is 22.5 Å². The van der Waals surface area contributed by atoms with Crippen LogP contribution in [0.25, 0.3) is 0 Å². The predicted octanol–water partition coefficient (Wildman–Crippen LogP) is 3.38.